The molecule has 0 fully saturated rings. The molecule has 0 aliphatic rings. The average Bonchev–Trinajstić information content (AvgIpc) is 3.17. The Labute approximate surface area is 186 Å². The number of rotatable bonds is 3. The predicted molar refractivity (Wildman–Crippen MR) is 126 cm³/mol. The molecule has 0 aliphatic heterocycles. The van der Waals surface area contributed by atoms with Crippen LogP contribution in [0.5, 0.6) is 0 Å². The van der Waals surface area contributed by atoms with Crippen molar-refractivity contribution in [2.75, 3.05) is 0 Å². The largest absolute Gasteiger partial charge is 0.350 e. The Morgan fingerprint density at radius 1 is 0.909 bits per heavy atom. The van der Waals surface area contributed by atoms with Gasteiger partial charge in [-0.25, -0.2) is 9.78 Å². The molecule has 164 valence electrons. The third-order valence-corrected chi connectivity index (χ3v) is 5.95. The lowest BCUT2D eigenvalue weighted by Crippen LogP contribution is -2.37. The van der Waals surface area contributed by atoms with Crippen LogP contribution in [0.2, 0.25) is 0 Å². The average molecular weight is 441 g/mol. The molecule has 0 amide bonds. The number of aromatic nitrogens is 4. The van der Waals surface area contributed by atoms with Crippen molar-refractivity contribution in [1.29, 1.82) is 0 Å². The molecular weight excluding hydrogens is 422 g/mol. The topological polar surface area (TPSA) is 105 Å². The molecule has 0 saturated carbocycles. The molecule has 0 unspecified atom stereocenters. The minimum atomic E-state index is -0.500. The SMILES string of the molecule is Cn1c(=O)c2c(-c3cn(C)c4ccccc34)cc(-c3cccc([N+](=O)[O-])c3)nc2n(C)c1=O. The van der Waals surface area contributed by atoms with Gasteiger partial charge in [-0.2, -0.15) is 0 Å². The van der Waals surface area contributed by atoms with Crippen molar-refractivity contribution in [2.45, 2.75) is 0 Å². The molecule has 0 atom stereocenters. The van der Waals surface area contributed by atoms with E-state index >= 15 is 0 Å². The molecule has 3 aromatic heterocycles. The molecule has 33 heavy (non-hydrogen) atoms. The minimum absolute atomic E-state index is 0.0704. The number of benzene rings is 2. The van der Waals surface area contributed by atoms with Crippen molar-refractivity contribution in [1.82, 2.24) is 18.7 Å². The number of nitro groups is 1. The standard InChI is InChI=1S/C24H19N5O4/c1-26-13-18(16-9-4-5-10-20(16)26)17-12-19(14-7-6-8-15(11-14)29(32)33)25-22-21(17)23(30)28(3)24(31)27(22)2/h4-13H,1-3H3. The number of fused-ring (bicyclic) bond motifs is 2. The Hall–Kier alpha value is -4.53. The number of hydrogen-bond acceptors (Lipinski definition) is 5. The molecule has 9 heteroatoms. The van der Waals surface area contributed by atoms with Crippen LogP contribution in [0, 0.1) is 10.1 Å². The molecule has 0 saturated heterocycles. The molecule has 0 spiro atoms. The number of para-hydroxylation sites is 1. The van der Waals surface area contributed by atoms with Crippen molar-refractivity contribution in [3.8, 4) is 22.4 Å². The highest BCUT2D eigenvalue weighted by Gasteiger charge is 2.20. The number of nitrogens with zero attached hydrogens (tertiary/aromatic N) is 5. The van der Waals surface area contributed by atoms with Crippen LogP contribution in [-0.2, 0) is 21.1 Å². The number of pyridine rings is 1. The summed E-state index contributed by atoms with van der Waals surface area (Å²) < 4.78 is 4.36. The normalized spacial score (nSPS) is 11.4. The van der Waals surface area contributed by atoms with Crippen LogP contribution in [-0.4, -0.2) is 23.6 Å². The lowest BCUT2D eigenvalue weighted by Gasteiger charge is -2.13. The first-order valence-corrected chi connectivity index (χ1v) is 10.2. The zero-order valence-electron chi connectivity index (χ0n) is 18.1. The summed E-state index contributed by atoms with van der Waals surface area (Å²) in [5, 5.41) is 12.6. The van der Waals surface area contributed by atoms with Crippen LogP contribution in [0.15, 0.2) is 70.4 Å². The second-order valence-electron chi connectivity index (χ2n) is 7.94. The summed E-state index contributed by atoms with van der Waals surface area (Å²) in [6, 6.07) is 15.7. The fourth-order valence-corrected chi connectivity index (χ4v) is 4.25. The van der Waals surface area contributed by atoms with Gasteiger partial charge >= 0.3 is 5.69 Å². The van der Waals surface area contributed by atoms with E-state index in [9.17, 15) is 19.7 Å². The number of hydrogen-bond donors (Lipinski definition) is 0. The van der Waals surface area contributed by atoms with E-state index in [1.807, 2.05) is 42.1 Å². The van der Waals surface area contributed by atoms with Gasteiger partial charge in [-0.1, -0.05) is 30.3 Å². The molecule has 0 aliphatic carbocycles. The van der Waals surface area contributed by atoms with Gasteiger partial charge in [0.2, 0.25) is 0 Å². The molecule has 3 heterocycles. The summed E-state index contributed by atoms with van der Waals surface area (Å²) in [4.78, 5) is 41.3. The van der Waals surface area contributed by atoms with Gasteiger partial charge in [0.1, 0.15) is 0 Å². The number of aryl methyl sites for hydroxylation is 2. The molecule has 5 rings (SSSR count). The van der Waals surface area contributed by atoms with E-state index in [-0.39, 0.29) is 11.3 Å². The smallest absolute Gasteiger partial charge is 0.332 e. The van der Waals surface area contributed by atoms with Crippen LogP contribution >= 0.6 is 0 Å². The van der Waals surface area contributed by atoms with E-state index in [4.69, 9.17) is 0 Å². The monoisotopic (exact) mass is 441 g/mol. The second-order valence-corrected chi connectivity index (χ2v) is 7.94. The van der Waals surface area contributed by atoms with E-state index in [2.05, 4.69) is 4.98 Å². The summed E-state index contributed by atoms with van der Waals surface area (Å²) in [6.45, 7) is 0. The van der Waals surface area contributed by atoms with Crippen molar-refractivity contribution >= 4 is 27.6 Å². The maximum absolute atomic E-state index is 13.2. The maximum Gasteiger partial charge on any atom is 0.332 e. The Morgan fingerprint density at radius 3 is 2.42 bits per heavy atom. The molecule has 0 N–H and O–H groups in total. The predicted octanol–water partition coefficient (Wildman–Crippen LogP) is 3.37. The first kappa shape index (κ1) is 20.4. The lowest BCUT2D eigenvalue weighted by molar-refractivity contribution is -0.384. The summed E-state index contributed by atoms with van der Waals surface area (Å²) >= 11 is 0. The third-order valence-electron chi connectivity index (χ3n) is 5.95. The molecule has 5 aromatic rings. The summed E-state index contributed by atoms with van der Waals surface area (Å²) in [5.74, 6) is 0. The van der Waals surface area contributed by atoms with Gasteiger partial charge in [0.25, 0.3) is 11.2 Å². The Kier molecular flexibility index (Phi) is 4.49. The first-order valence-electron chi connectivity index (χ1n) is 10.2. The van der Waals surface area contributed by atoms with Crippen LogP contribution in [0.3, 0.4) is 0 Å². The second kappa shape index (κ2) is 7.27. The Balaban J connectivity index is 1.96. The van der Waals surface area contributed by atoms with Crippen LogP contribution in [0.1, 0.15) is 0 Å². The Bertz CT molecular complexity index is 1730. The minimum Gasteiger partial charge on any atom is -0.350 e. The summed E-state index contributed by atoms with van der Waals surface area (Å²) in [5.41, 5.74) is 2.54. The van der Waals surface area contributed by atoms with Crippen LogP contribution in [0.25, 0.3) is 44.3 Å². The molecular formula is C24H19N5O4. The molecule has 0 bridgehead atoms. The van der Waals surface area contributed by atoms with E-state index in [1.165, 1.54) is 23.7 Å². The Morgan fingerprint density at radius 2 is 1.67 bits per heavy atom. The summed E-state index contributed by atoms with van der Waals surface area (Å²) in [6.07, 6.45) is 1.93. The maximum atomic E-state index is 13.2. The van der Waals surface area contributed by atoms with Gasteiger partial charge in [-0.15, -0.1) is 0 Å². The van der Waals surface area contributed by atoms with Gasteiger partial charge < -0.3 is 4.57 Å². The highest BCUT2D eigenvalue weighted by molar-refractivity contribution is 6.04. The van der Waals surface area contributed by atoms with Crippen LogP contribution < -0.4 is 11.2 Å². The van der Waals surface area contributed by atoms with Crippen molar-refractivity contribution < 1.29 is 4.92 Å². The van der Waals surface area contributed by atoms with Crippen molar-refractivity contribution in [2.24, 2.45) is 21.1 Å². The third kappa shape index (κ3) is 3.05. The zero-order chi connectivity index (χ0) is 23.4. The van der Waals surface area contributed by atoms with Gasteiger partial charge in [-0.05, 0) is 12.1 Å². The lowest BCUT2D eigenvalue weighted by atomic mass is 9.99. The highest BCUT2D eigenvalue weighted by atomic mass is 16.6. The van der Waals surface area contributed by atoms with Crippen LogP contribution in [0.4, 0.5) is 5.69 Å². The van der Waals surface area contributed by atoms with Crippen molar-refractivity contribution in [3.63, 3.8) is 0 Å². The van der Waals surface area contributed by atoms with Gasteiger partial charge in [-0.3, -0.25) is 24.0 Å². The van der Waals surface area contributed by atoms with Crippen molar-refractivity contribution in [3.05, 3.63) is 91.7 Å². The molecule has 2 aromatic carbocycles. The number of nitro benzene ring substituents is 1. The van der Waals surface area contributed by atoms with E-state index in [0.717, 1.165) is 21.0 Å². The van der Waals surface area contributed by atoms with Gasteiger partial charge in [0.15, 0.2) is 5.65 Å². The quantitative estimate of drug-likeness (QED) is 0.315. The van der Waals surface area contributed by atoms with E-state index in [0.29, 0.717) is 22.2 Å². The van der Waals surface area contributed by atoms with E-state index in [1.54, 1.807) is 25.2 Å². The fourth-order valence-electron chi connectivity index (χ4n) is 4.25. The fraction of sp³-hybridized carbons (Fsp3) is 0.125. The first-order chi connectivity index (χ1) is 15.8. The van der Waals surface area contributed by atoms with Gasteiger partial charge in [0.05, 0.1) is 16.0 Å². The highest BCUT2D eigenvalue weighted by Crippen LogP contribution is 2.36. The van der Waals surface area contributed by atoms with Gasteiger partial charge in [0, 0.05) is 67.1 Å². The zero-order valence-corrected chi connectivity index (χ0v) is 18.1. The number of non-ortho nitro benzene ring substituents is 1. The summed E-state index contributed by atoms with van der Waals surface area (Å²) in [7, 11) is 4.91. The molecule has 0 radical (unpaired) electrons. The molecule has 9 nitrogen and oxygen atoms in total. The van der Waals surface area contributed by atoms with E-state index < -0.39 is 16.2 Å².